The summed E-state index contributed by atoms with van der Waals surface area (Å²) in [6.45, 7) is 12.8. The number of benzene rings is 5. The molecule has 1 N–H and O–H groups in total. The third-order valence-corrected chi connectivity index (χ3v) is 14.0. The van der Waals surface area contributed by atoms with E-state index in [9.17, 15) is 0 Å². The van der Waals surface area contributed by atoms with Gasteiger partial charge in [0.25, 0.3) is 0 Å². The fourth-order valence-electron chi connectivity index (χ4n) is 10.4. The number of para-hydroxylation sites is 3. The first-order chi connectivity index (χ1) is 33.5. The molecule has 0 fully saturated rings. The zero-order valence-corrected chi connectivity index (χ0v) is 41.2. The monoisotopic (exact) mass is 896 g/mol. The van der Waals surface area contributed by atoms with Crippen LogP contribution in [0.15, 0.2) is 158 Å². The van der Waals surface area contributed by atoms with Crippen molar-refractivity contribution < 1.29 is 0 Å². The van der Waals surface area contributed by atoms with Gasteiger partial charge in [0, 0.05) is 42.6 Å². The molecule has 2 aromatic heterocycles. The maximum absolute atomic E-state index is 4.85. The number of fused-ring (bicyclic) bond motifs is 5. The van der Waals surface area contributed by atoms with Crippen LogP contribution in [0.25, 0.3) is 35.4 Å². The molecule has 0 unspecified atom stereocenters. The second-order valence-corrected chi connectivity index (χ2v) is 17.7. The van der Waals surface area contributed by atoms with Gasteiger partial charge < -0.3 is 15.1 Å². The van der Waals surface area contributed by atoms with Crippen molar-refractivity contribution in [3.8, 4) is 11.1 Å². The summed E-state index contributed by atoms with van der Waals surface area (Å²) in [4.78, 5) is 14.5. The number of nitrogens with one attached hydrogen (secondary N) is 1. The number of rotatable bonds is 12. The number of allylic oxidation sites excluding steroid dienone is 2. The molecule has 0 saturated carbocycles. The molecule has 10 rings (SSSR count). The molecule has 68 heavy (non-hydrogen) atoms. The minimum atomic E-state index is -0.0202. The van der Waals surface area contributed by atoms with Gasteiger partial charge in [0.1, 0.15) is 0 Å². The summed E-state index contributed by atoms with van der Waals surface area (Å²) < 4.78 is 0. The Morgan fingerprint density at radius 3 is 1.56 bits per heavy atom. The van der Waals surface area contributed by atoms with Crippen molar-refractivity contribution in [1.29, 1.82) is 0 Å². The number of hydrogen-bond donors (Lipinski definition) is 1. The van der Waals surface area contributed by atoms with Gasteiger partial charge in [-0.25, -0.2) is 0 Å². The van der Waals surface area contributed by atoms with Crippen molar-refractivity contribution in [2.75, 3.05) is 35.3 Å². The van der Waals surface area contributed by atoms with E-state index < -0.39 is 0 Å². The van der Waals surface area contributed by atoms with E-state index in [1.807, 2.05) is 33.3 Å². The highest BCUT2D eigenvalue weighted by Crippen LogP contribution is 2.53. The molecule has 7 aromatic rings. The first kappa shape index (κ1) is 47.5. The average molecular weight is 896 g/mol. The van der Waals surface area contributed by atoms with Crippen LogP contribution >= 0.6 is 0 Å². The topological polar surface area (TPSA) is 44.3 Å². The van der Waals surface area contributed by atoms with Crippen LogP contribution in [0.5, 0.6) is 0 Å². The molecule has 0 bridgehead atoms. The van der Waals surface area contributed by atoms with E-state index in [-0.39, 0.29) is 5.41 Å². The Morgan fingerprint density at radius 1 is 0.588 bits per heavy atom. The highest BCUT2D eigenvalue weighted by molar-refractivity contribution is 5.85. The fraction of sp³-hybridized carbons (Fsp3) is 0.270. The average Bonchev–Trinajstić information content (AvgIpc) is 3.69. The van der Waals surface area contributed by atoms with E-state index >= 15 is 0 Å². The molecule has 5 heteroatoms. The lowest BCUT2D eigenvalue weighted by molar-refractivity contribution is 0.490. The SMILES string of the molecule is C/C=C/CCc1ccccc1NC.CC.CCC1(CC)c2cc(/C=C/c3ccc(N4CCCc5ccccc54)cn3)ccc2-c2ccc(/C=C/c3ccc(N4CCCc5ccccc54)cn3)cc21. The summed E-state index contributed by atoms with van der Waals surface area (Å²) in [5.74, 6) is 0. The van der Waals surface area contributed by atoms with Crippen molar-refractivity contribution in [2.24, 2.45) is 0 Å². The number of nitrogens with zero attached hydrogens (tertiary/aromatic N) is 4. The lowest BCUT2D eigenvalue weighted by Gasteiger charge is -2.31. The highest BCUT2D eigenvalue weighted by atomic mass is 15.2. The molecular weight excluding hydrogens is 827 g/mol. The Kier molecular flexibility index (Phi) is 15.8. The van der Waals surface area contributed by atoms with Gasteiger partial charge in [-0.1, -0.05) is 143 Å². The predicted octanol–water partition coefficient (Wildman–Crippen LogP) is 16.3. The van der Waals surface area contributed by atoms with Crippen LogP contribution in [0.4, 0.5) is 28.4 Å². The van der Waals surface area contributed by atoms with Gasteiger partial charge in [-0.2, -0.15) is 0 Å². The lowest BCUT2D eigenvalue weighted by atomic mass is 9.73. The third-order valence-electron chi connectivity index (χ3n) is 14.0. The van der Waals surface area contributed by atoms with Gasteiger partial charge in [0.05, 0.1) is 35.2 Å². The molecule has 0 amide bonds. The van der Waals surface area contributed by atoms with Crippen molar-refractivity contribution in [3.63, 3.8) is 0 Å². The molecule has 5 aromatic carbocycles. The highest BCUT2D eigenvalue weighted by Gasteiger charge is 2.40. The smallest absolute Gasteiger partial charge is 0.0631 e. The Hall–Kier alpha value is -6.98. The minimum absolute atomic E-state index is 0.0202. The second-order valence-electron chi connectivity index (χ2n) is 17.7. The van der Waals surface area contributed by atoms with E-state index in [1.165, 1.54) is 67.1 Å². The van der Waals surface area contributed by atoms with Gasteiger partial charge in [0.15, 0.2) is 0 Å². The number of anilines is 5. The van der Waals surface area contributed by atoms with E-state index in [0.29, 0.717) is 0 Å². The maximum atomic E-state index is 4.85. The zero-order chi connectivity index (χ0) is 47.3. The second kappa shape index (κ2) is 22.7. The normalized spacial score (nSPS) is 14.4. The maximum Gasteiger partial charge on any atom is 0.0631 e. The Balaban J connectivity index is 0.000000360. The molecule has 346 valence electrons. The summed E-state index contributed by atoms with van der Waals surface area (Å²) in [6, 6.07) is 48.6. The number of pyridine rings is 2. The molecule has 3 aliphatic rings. The lowest BCUT2D eigenvalue weighted by Crippen LogP contribution is -2.24. The van der Waals surface area contributed by atoms with Crippen LogP contribution in [-0.2, 0) is 24.7 Å². The van der Waals surface area contributed by atoms with E-state index in [0.717, 1.165) is 87.2 Å². The number of aromatic nitrogens is 2. The molecule has 0 atom stereocenters. The van der Waals surface area contributed by atoms with Crippen molar-refractivity contribution in [2.45, 2.75) is 91.4 Å². The summed E-state index contributed by atoms with van der Waals surface area (Å²) >= 11 is 0. The molecule has 0 saturated heterocycles. The third kappa shape index (κ3) is 10.3. The van der Waals surface area contributed by atoms with Crippen molar-refractivity contribution in [3.05, 3.63) is 208 Å². The van der Waals surface area contributed by atoms with Crippen LogP contribution in [0.2, 0.25) is 0 Å². The summed E-state index contributed by atoms with van der Waals surface area (Å²) in [7, 11) is 1.97. The Morgan fingerprint density at radius 2 is 1.09 bits per heavy atom. The largest absolute Gasteiger partial charge is 0.388 e. The molecule has 0 spiro atoms. The zero-order valence-electron chi connectivity index (χ0n) is 41.2. The fourth-order valence-corrected chi connectivity index (χ4v) is 10.4. The molecular formula is C63H69N5. The summed E-state index contributed by atoms with van der Waals surface area (Å²) in [5, 5.41) is 3.20. The van der Waals surface area contributed by atoms with Gasteiger partial charge >= 0.3 is 0 Å². The first-order valence-corrected chi connectivity index (χ1v) is 25.2. The van der Waals surface area contributed by atoms with Crippen molar-refractivity contribution in [1.82, 2.24) is 9.97 Å². The van der Waals surface area contributed by atoms with E-state index in [4.69, 9.17) is 9.97 Å². The van der Waals surface area contributed by atoms with Crippen LogP contribution in [0, 0.1) is 0 Å². The quantitative estimate of drug-likeness (QED) is 0.124. The molecule has 2 aliphatic heterocycles. The van der Waals surface area contributed by atoms with Crippen LogP contribution in [0.3, 0.4) is 0 Å². The van der Waals surface area contributed by atoms with E-state index in [1.54, 1.807) is 0 Å². The predicted molar refractivity (Wildman–Crippen MR) is 294 cm³/mol. The number of hydrogen-bond acceptors (Lipinski definition) is 5. The first-order valence-electron chi connectivity index (χ1n) is 25.2. The Labute approximate surface area is 407 Å². The molecule has 1 aliphatic carbocycles. The van der Waals surface area contributed by atoms with Crippen LogP contribution in [0.1, 0.15) is 117 Å². The molecule has 0 radical (unpaired) electrons. The molecule has 4 heterocycles. The van der Waals surface area contributed by atoms with Gasteiger partial charge in [-0.05, 0) is 163 Å². The standard InChI is InChI=1S/C49H46N4.C12H17N.C2H6/c1-3-49(4-2)45-31-35(17-21-39-23-25-41(33-50-39)52-29-9-13-37-11-5-7-15-47(37)52)19-27-43(45)44-28-20-36(32-46(44)49)18-22-40-24-26-42(34-51-40)53-30-10-14-38-12-6-8-16-48(38)53;1-3-4-5-8-11-9-6-7-10-12(11)13-2;1-2/h5-8,11-12,15-28,31-34H,3-4,9-10,13-14,29-30H2,1-2H3;3-4,6-7,9-10,13H,5,8H2,1-2H3;1-2H3/b21-17+,22-18+;4-3+;. The summed E-state index contributed by atoms with van der Waals surface area (Å²) in [6.07, 6.45) is 26.0. The summed E-state index contributed by atoms with van der Waals surface area (Å²) in [5.41, 5.74) is 20.3. The molecule has 5 nitrogen and oxygen atoms in total. The van der Waals surface area contributed by atoms with Gasteiger partial charge in [-0.15, -0.1) is 0 Å². The minimum Gasteiger partial charge on any atom is -0.388 e. The van der Waals surface area contributed by atoms with Gasteiger partial charge in [0.2, 0.25) is 0 Å². The number of aryl methyl sites for hydroxylation is 3. The Bertz CT molecular complexity index is 2680. The van der Waals surface area contributed by atoms with Gasteiger partial charge in [-0.3, -0.25) is 9.97 Å². The van der Waals surface area contributed by atoms with Crippen LogP contribution in [-0.4, -0.2) is 30.1 Å². The van der Waals surface area contributed by atoms with Crippen molar-refractivity contribution >= 4 is 52.7 Å². The van der Waals surface area contributed by atoms with E-state index in [2.05, 4.69) is 206 Å². The van der Waals surface area contributed by atoms with Crippen LogP contribution < -0.4 is 15.1 Å².